The molecule has 7 heteroatoms. The van der Waals surface area contributed by atoms with Crippen LogP contribution in [0.3, 0.4) is 0 Å². The minimum atomic E-state index is -0.727. The van der Waals surface area contributed by atoms with E-state index in [-0.39, 0.29) is 18.6 Å². The zero-order chi connectivity index (χ0) is 18.1. The lowest BCUT2D eigenvalue weighted by molar-refractivity contribution is -0.148. The molecule has 130 valence electrons. The van der Waals surface area contributed by atoms with Crippen molar-refractivity contribution in [1.82, 2.24) is 10.6 Å². The van der Waals surface area contributed by atoms with E-state index in [4.69, 9.17) is 4.74 Å². The summed E-state index contributed by atoms with van der Waals surface area (Å²) in [5.74, 6) is -1.56. The summed E-state index contributed by atoms with van der Waals surface area (Å²) in [6, 6.07) is 4.70. The first-order valence-corrected chi connectivity index (χ1v) is 7.67. The monoisotopic (exact) mass is 334 g/mol. The molecule has 7 nitrogen and oxygen atoms in total. The van der Waals surface area contributed by atoms with Gasteiger partial charge >= 0.3 is 12.0 Å². The summed E-state index contributed by atoms with van der Waals surface area (Å²) in [7, 11) is 0. The summed E-state index contributed by atoms with van der Waals surface area (Å²) in [6.07, 6.45) is -0.126. The Morgan fingerprint density at radius 1 is 1.04 bits per heavy atom. The van der Waals surface area contributed by atoms with Gasteiger partial charge in [-0.3, -0.25) is 19.7 Å². The number of Topliss-reactive ketones (excluding diaryl/α,β-unsaturated/α-hetero) is 1. The molecule has 0 bridgehead atoms. The summed E-state index contributed by atoms with van der Waals surface area (Å²) in [5, 5.41) is 4.38. The molecule has 0 heterocycles. The average Bonchev–Trinajstić information content (AvgIpc) is 2.53. The number of ether oxygens (including phenoxy) is 1. The highest BCUT2D eigenvalue weighted by Gasteiger charge is 2.13. The van der Waals surface area contributed by atoms with Gasteiger partial charge in [-0.2, -0.15) is 0 Å². The molecule has 0 aliphatic rings. The Balaban J connectivity index is 2.35. The van der Waals surface area contributed by atoms with Crippen LogP contribution >= 0.6 is 0 Å². The van der Waals surface area contributed by atoms with Gasteiger partial charge in [-0.05, 0) is 38.0 Å². The molecule has 0 aliphatic carbocycles. The van der Waals surface area contributed by atoms with Crippen LogP contribution in [-0.4, -0.2) is 36.8 Å². The molecule has 0 unspecified atom stereocenters. The largest absolute Gasteiger partial charge is 0.456 e. The second-order valence-corrected chi connectivity index (χ2v) is 5.29. The molecule has 2 N–H and O–H groups in total. The van der Waals surface area contributed by atoms with Gasteiger partial charge in [0.2, 0.25) is 0 Å². The van der Waals surface area contributed by atoms with Gasteiger partial charge in [0.15, 0.2) is 12.4 Å². The molecule has 3 amide bonds. The molecule has 1 aromatic rings. The number of carbonyl (C=O) groups excluding carboxylic acids is 4. The molecule has 0 atom stereocenters. The molecule has 0 radical (unpaired) electrons. The Kier molecular flexibility index (Phi) is 7.61. The van der Waals surface area contributed by atoms with Crippen molar-refractivity contribution in [3.8, 4) is 0 Å². The Labute approximate surface area is 140 Å². The lowest BCUT2D eigenvalue weighted by atomic mass is 10.0. The number of nitrogens with one attached hydrogen (secondary N) is 2. The normalized spacial score (nSPS) is 9.96. The van der Waals surface area contributed by atoms with Crippen molar-refractivity contribution in [2.75, 3.05) is 13.2 Å². The minimum absolute atomic E-state index is 0.000720. The second-order valence-electron chi connectivity index (χ2n) is 5.29. The van der Waals surface area contributed by atoms with Gasteiger partial charge < -0.3 is 10.1 Å². The van der Waals surface area contributed by atoms with Gasteiger partial charge in [-0.25, -0.2) is 4.79 Å². The minimum Gasteiger partial charge on any atom is -0.456 e. The van der Waals surface area contributed by atoms with Crippen LogP contribution in [-0.2, 0) is 14.3 Å². The Hall–Kier alpha value is -2.70. The van der Waals surface area contributed by atoms with E-state index in [0.29, 0.717) is 12.1 Å². The lowest BCUT2D eigenvalue weighted by Crippen LogP contribution is -2.41. The number of aryl methyl sites for hydroxylation is 2. The highest BCUT2D eigenvalue weighted by Crippen LogP contribution is 2.12. The molecule has 0 fully saturated rings. The van der Waals surface area contributed by atoms with E-state index in [2.05, 4.69) is 5.32 Å². The number of hydrogen-bond acceptors (Lipinski definition) is 5. The highest BCUT2D eigenvalue weighted by atomic mass is 16.5. The summed E-state index contributed by atoms with van der Waals surface area (Å²) < 4.78 is 4.73. The maximum absolute atomic E-state index is 12.0. The van der Waals surface area contributed by atoms with Gasteiger partial charge in [-0.1, -0.05) is 12.1 Å². The van der Waals surface area contributed by atoms with Crippen LogP contribution in [0.4, 0.5) is 4.79 Å². The lowest BCUT2D eigenvalue weighted by Gasteiger charge is -2.07. The predicted molar refractivity (Wildman–Crippen MR) is 87.7 cm³/mol. The molecular weight excluding hydrogens is 312 g/mol. The number of ketones is 1. The predicted octanol–water partition coefficient (Wildman–Crippen LogP) is 1.66. The third-order valence-corrected chi connectivity index (χ3v) is 3.34. The van der Waals surface area contributed by atoms with Crippen LogP contribution in [0.25, 0.3) is 0 Å². The average molecular weight is 334 g/mol. The van der Waals surface area contributed by atoms with Crippen molar-refractivity contribution in [1.29, 1.82) is 0 Å². The van der Waals surface area contributed by atoms with Gasteiger partial charge in [0, 0.05) is 18.5 Å². The van der Waals surface area contributed by atoms with Crippen LogP contribution in [0.5, 0.6) is 0 Å². The Morgan fingerprint density at radius 2 is 1.75 bits per heavy atom. The van der Waals surface area contributed by atoms with Crippen LogP contribution in [0.2, 0.25) is 0 Å². The van der Waals surface area contributed by atoms with Crippen molar-refractivity contribution in [3.63, 3.8) is 0 Å². The molecule has 0 saturated heterocycles. The zero-order valence-electron chi connectivity index (χ0n) is 14.1. The number of imide groups is 1. The first kappa shape index (κ1) is 19.3. The van der Waals surface area contributed by atoms with Crippen molar-refractivity contribution in [2.24, 2.45) is 0 Å². The van der Waals surface area contributed by atoms with Gasteiger partial charge in [0.25, 0.3) is 5.91 Å². The number of urea groups is 1. The molecule has 0 spiro atoms. The summed E-state index contributed by atoms with van der Waals surface area (Å²) in [5.41, 5.74) is 2.63. The van der Waals surface area contributed by atoms with Crippen molar-refractivity contribution < 1.29 is 23.9 Å². The van der Waals surface area contributed by atoms with E-state index in [9.17, 15) is 19.2 Å². The highest BCUT2D eigenvalue weighted by molar-refractivity contribution is 5.98. The number of carbonyl (C=O) groups is 4. The number of esters is 1. The van der Waals surface area contributed by atoms with Crippen LogP contribution in [0.15, 0.2) is 18.2 Å². The molecule has 1 rings (SSSR count). The van der Waals surface area contributed by atoms with Crippen LogP contribution in [0, 0.1) is 13.8 Å². The fraction of sp³-hybridized carbons (Fsp3) is 0.412. The molecule has 24 heavy (non-hydrogen) atoms. The molecule has 0 aliphatic heterocycles. The van der Waals surface area contributed by atoms with Crippen LogP contribution < -0.4 is 10.6 Å². The van der Waals surface area contributed by atoms with Gasteiger partial charge in [0.1, 0.15) is 0 Å². The maximum atomic E-state index is 12.0. The summed E-state index contributed by atoms with van der Waals surface area (Å²) >= 11 is 0. The van der Waals surface area contributed by atoms with Gasteiger partial charge in [-0.15, -0.1) is 0 Å². The Morgan fingerprint density at radius 3 is 2.38 bits per heavy atom. The quantitative estimate of drug-likeness (QED) is 0.583. The molecular formula is C17H22N2O5. The molecule has 0 saturated carbocycles. The summed E-state index contributed by atoms with van der Waals surface area (Å²) in [4.78, 5) is 46.0. The third-order valence-electron chi connectivity index (χ3n) is 3.34. The SMILES string of the molecule is CCNC(=O)NC(=O)COC(=O)CCC(=O)c1ccc(C)c(C)c1. The smallest absolute Gasteiger partial charge is 0.321 e. The van der Waals surface area contributed by atoms with E-state index in [1.165, 1.54) is 0 Å². The van der Waals surface area contributed by atoms with E-state index in [0.717, 1.165) is 11.1 Å². The Bertz CT molecular complexity index is 640. The molecule has 0 aromatic heterocycles. The number of rotatable bonds is 7. The van der Waals surface area contributed by atoms with E-state index in [1.54, 1.807) is 19.1 Å². The van der Waals surface area contributed by atoms with Crippen LogP contribution in [0.1, 0.15) is 41.3 Å². The second kappa shape index (κ2) is 9.44. The third kappa shape index (κ3) is 6.60. The van der Waals surface area contributed by atoms with Crippen molar-refractivity contribution in [2.45, 2.75) is 33.6 Å². The van der Waals surface area contributed by atoms with E-state index in [1.807, 2.05) is 25.2 Å². The first-order valence-electron chi connectivity index (χ1n) is 7.67. The zero-order valence-corrected chi connectivity index (χ0v) is 14.1. The number of hydrogen-bond donors (Lipinski definition) is 2. The first-order chi connectivity index (χ1) is 11.3. The fourth-order valence-corrected chi connectivity index (χ4v) is 1.86. The summed E-state index contributed by atoms with van der Waals surface area (Å²) in [6.45, 7) is 5.38. The number of amides is 3. The topological polar surface area (TPSA) is 102 Å². The fourth-order valence-electron chi connectivity index (χ4n) is 1.86. The van der Waals surface area contributed by atoms with Crippen molar-refractivity contribution >= 4 is 23.7 Å². The number of benzene rings is 1. The molecule has 1 aromatic carbocycles. The maximum Gasteiger partial charge on any atom is 0.321 e. The van der Waals surface area contributed by atoms with Gasteiger partial charge in [0.05, 0.1) is 6.42 Å². The van der Waals surface area contributed by atoms with Crippen molar-refractivity contribution in [3.05, 3.63) is 34.9 Å². The van der Waals surface area contributed by atoms with E-state index >= 15 is 0 Å². The van der Waals surface area contributed by atoms with E-state index < -0.39 is 24.5 Å². The standard InChI is InChI=1S/C17H22N2O5/c1-4-18-17(23)19-15(21)10-24-16(22)8-7-14(20)13-6-5-11(2)12(3)9-13/h5-6,9H,4,7-8,10H2,1-3H3,(H2,18,19,21,23).